The van der Waals surface area contributed by atoms with E-state index in [0.29, 0.717) is 27.0 Å². The summed E-state index contributed by atoms with van der Waals surface area (Å²) in [5.74, 6) is -0.404. The number of rotatable bonds is 5. The van der Waals surface area contributed by atoms with E-state index in [1.807, 2.05) is 19.1 Å². The molecule has 10 heteroatoms. The van der Waals surface area contributed by atoms with Crippen molar-refractivity contribution in [3.63, 3.8) is 0 Å². The Morgan fingerprint density at radius 2 is 2.04 bits per heavy atom. The summed E-state index contributed by atoms with van der Waals surface area (Å²) in [7, 11) is 1.30. The zero-order valence-corrected chi connectivity index (χ0v) is 17.5. The van der Waals surface area contributed by atoms with Crippen LogP contribution in [0.3, 0.4) is 0 Å². The maximum atomic E-state index is 12.6. The molecule has 6 nitrogen and oxygen atoms in total. The number of halogens is 2. The van der Waals surface area contributed by atoms with Crippen LogP contribution in [0.1, 0.15) is 17.3 Å². The maximum Gasteiger partial charge on any atom is 0.325 e. The van der Waals surface area contributed by atoms with Crippen LogP contribution in [-0.4, -0.2) is 30.2 Å². The fourth-order valence-electron chi connectivity index (χ4n) is 2.43. The fraction of sp³-hybridized carbons (Fsp3) is 0.235. The smallest absolute Gasteiger partial charge is 0.325 e. The lowest BCUT2D eigenvalue weighted by molar-refractivity contribution is -0.141. The van der Waals surface area contributed by atoms with Crippen molar-refractivity contribution in [3.8, 4) is 5.75 Å². The van der Waals surface area contributed by atoms with Crippen molar-refractivity contribution in [3.05, 3.63) is 43.3 Å². The topological polar surface area (TPSA) is 69.9 Å². The minimum absolute atomic E-state index is 0.106. The van der Waals surface area contributed by atoms with Gasteiger partial charge in [0.2, 0.25) is 0 Å². The van der Waals surface area contributed by atoms with Crippen LogP contribution in [0.15, 0.2) is 29.3 Å². The first-order chi connectivity index (χ1) is 12.9. The molecular weight excluding hydrogens is 431 g/mol. The highest BCUT2D eigenvalue weighted by Gasteiger charge is 2.18. The zero-order valence-electron chi connectivity index (χ0n) is 14.3. The van der Waals surface area contributed by atoms with Gasteiger partial charge in [-0.2, -0.15) is 4.99 Å². The van der Waals surface area contributed by atoms with Crippen LogP contribution in [-0.2, 0) is 16.1 Å². The van der Waals surface area contributed by atoms with Gasteiger partial charge in [-0.05, 0) is 25.1 Å². The highest BCUT2D eigenvalue weighted by molar-refractivity contribution is 7.20. The quantitative estimate of drug-likeness (QED) is 0.547. The van der Waals surface area contributed by atoms with Gasteiger partial charge in [0.25, 0.3) is 5.91 Å². The van der Waals surface area contributed by atoms with Crippen LogP contribution < -0.4 is 9.54 Å². The van der Waals surface area contributed by atoms with Crippen molar-refractivity contribution in [2.75, 3.05) is 13.7 Å². The number of amides is 1. The van der Waals surface area contributed by atoms with E-state index in [1.54, 1.807) is 10.6 Å². The number of carbonyl (C=O) groups is 2. The number of thiazole rings is 1. The van der Waals surface area contributed by atoms with Crippen LogP contribution in [0.25, 0.3) is 10.2 Å². The zero-order chi connectivity index (χ0) is 19.6. The Labute approximate surface area is 172 Å². The molecule has 0 spiro atoms. The third-order valence-electron chi connectivity index (χ3n) is 3.56. The van der Waals surface area contributed by atoms with E-state index in [2.05, 4.69) is 4.99 Å². The van der Waals surface area contributed by atoms with Crippen molar-refractivity contribution in [2.24, 2.45) is 4.99 Å². The summed E-state index contributed by atoms with van der Waals surface area (Å²) in [6.45, 7) is 2.22. The number of hydrogen-bond acceptors (Lipinski definition) is 6. The Hall–Kier alpha value is -1.87. The van der Waals surface area contributed by atoms with E-state index in [4.69, 9.17) is 32.7 Å². The first-order valence-corrected chi connectivity index (χ1v) is 10.2. The Balaban J connectivity index is 2.20. The van der Waals surface area contributed by atoms with Gasteiger partial charge in [-0.1, -0.05) is 40.6 Å². The van der Waals surface area contributed by atoms with E-state index in [-0.39, 0.29) is 16.4 Å². The van der Waals surface area contributed by atoms with Crippen LogP contribution in [0.5, 0.6) is 5.75 Å². The average molecular weight is 445 g/mol. The van der Waals surface area contributed by atoms with Crippen LogP contribution in [0, 0.1) is 0 Å². The molecule has 0 aliphatic carbocycles. The number of benzene rings is 1. The molecule has 0 bridgehead atoms. The minimum atomic E-state index is -0.536. The summed E-state index contributed by atoms with van der Waals surface area (Å²) in [6.07, 6.45) is 0. The molecule has 2 heterocycles. The summed E-state index contributed by atoms with van der Waals surface area (Å²) < 4.78 is 13.6. The predicted octanol–water partition coefficient (Wildman–Crippen LogP) is 4.38. The summed E-state index contributed by atoms with van der Waals surface area (Å²) in [6, 6.07) is 6.99. The number of para-hydroxylation sites is 1. The molecule has 2 aromatic heterocycles. The molecule has 0 saturated heterocycles. The van der Waals surface area contributed by atoms with Gasteiger partial charge in [-0.3, -0.25) is 9.59 Å². The highest BCUT2D eigenvalue weighted by Crippen LogP contribution is 2.32. The van der Waals surface area contributed by atoms with Crippen LogP contribution >= 0.6 is 45.9 Å². The molecule has 1 aromatic carbocycles. The summed E-state index contributed by atoms with van der Waals surface area (Å²) in [5, 5.41) is 0. The number of fused-ring (bicyclic) bond motifs is 1. The van der Waals surface area contributed by atoms with Crippen molar-refractivity contribution in [1.29, 1.82) is 0 Å². The lowest BCUT2D eigenvalue weighted by Gasteiger charge is -2.08. The average Bonchev–Trinajstić information content (AvgIpc) is 3.15. The largest absolute Gasteiger partial charge is 0.492 e. The van der Waals surface area contributed by atoms with Crippen molar-refractivity contribution >= 4 is 68.0 Å². The standard InChI is InChI=1S/C17H14Cl2N2O4S2/c1-3-25-10-5-4-6-11-14(10)21(8-13(22)24-2)17(26-11)20-16(23)9-7-12(18)27-15(9)19/h4-7H,3,8H2,1-2H3. The second kappa shape index (κ2) is 8.43. The molecule has 3 rings (SSSR count). The first kappa shape index (κ1) is 19.9. The number of aromatic nitrogens is 1. The van der Waals surface area contributed by atoms with Gasteiger partial charge in [0.1, 0.15) is 22.1 Å². The third-order valence-corrected chi connectivity index (χ3v) is 6.09. The predicted molar refractivity (Wildman–Crippen MR) is 107 cm³/mol. The number of ether oxygens (including phenoxy) is 2. The van der Waals surface area contributed by atoms with Crippen molar-refractivity contribution in [2.45, 2.75) is 13.5 Å². The van der Waals surface area contributed by atoms with Crippen molar-refractivity contribution in [1.82, 2.24) is 4.57 Å². The molecule has 0 N–H and O–H groups in total. The number of hydrogen-bond donors (Lipinski definition) is 0. The molecule has 0 atom stereocenters. The SMILES string of the molecule is CCOc1cccc2sc(=NC(=O)c3cc(Cl)sc3Cl)n(CC(=O)OC)c12. The molecule has 142 valence electrons. The molecule has 0 fully saturated rings. The lowest BCUT2D eigenvalue weighted by Crippen LogP contribution is -2.22. The second-order valence-electron chi connectivity index (χ2n) is 5.24. The number of methoxy groups -OCH3 is 1. The van der Waals surface area contributed by atoms with Gasteiger partial charge in [-0.25, -0.2) is 0 Å². The molecule has 0 aliphatic heterocycles. The van der Waals surface area contributed by atoms with E-state index >= 15 is 0 Å². The second-order valence-corrected chi connectivity index (χ2v) is 8.53. The van der Waals surface area contributed by atoms with Crippen LogP contribution in [0.2, 0.25) is 8.67 Å². The number of esters is 1. The molecular formula is C17H14Cl2N2O4S2. The summed E-state index contributed by atoms with van der Waals surface area (Å²) in [5.41, 5.74) is 0.898. The van der Waals surface area contributed by atoms with Gasteiger partial charge >= 0.3 is 5.97 Å². The molecule has 0 saturated carbocycles. The molecule has 0 unspecified atom stereocenters. The first-order valence-electron chi connectivity index (χ1n) is 7.80. The summed E-state index contributed by atoms with van der Waals surface area (Å²) >= 11 is 14.3. The normalized spacial score (nSPS) is 11.8. The van der Waals surface area contributed by atoms with Gasteiger partial charge in [0, 0.05) is 0 Å². The maximum absolute atomic E-state index is 12.6. The molecule has 3 aromatic rings. The van der Waals surface area contributed by atoms with E-state index in [1.165, 1.54) is 24.5 Å². The molecule has 27 heavy (non-hydrogen) atoms. The highest BCUT2D eigenvalue weighted by atomic mass is 35.5. The Morgan fingerprint density at radius 1 is 1.26 bits per heavy atom. The van der Waals surface area contributed by atoms with E-state index in [9.17, 15) is 9.59 Å². The van der Waals surface area contributed by atoms with Gasteiger partial charge in [-0.15, -0.1) is 11.3 Å². The van der Waals surface area contributed by atoms with Gasteiger partial charge < -0.3 is 14.0 Å². The van der Waals surface area contributed by atoms with E-state index < -0.39 is 11.9 Å². The number of thiophene rings is 1. The third kappa shape index (κ3) is 4.19. The molecule has 1 amide bonds. The summed E-state index contributed by atoms with van der Waals surface area (Å²) in [4.78, 5) is 29.0. The molecule has 0 aliphatic rings. The van der Waals surface area contributed by atoms with Gasteiger partial charge in [0.15, 0.2) is 4.80 Å². The van der Waals surface area contributed by atoms with Crippen LogP contribution in [0.4, 0.5) is 0 Å². The minimum Gasteiger partial charge on any atom is -0.492 e. The monoisotopic (exact) mass is 444 g/mol. The van der Waals surface area contributed by atoms with Gasteiger partial charge in [0.05, 0.1) is 28.3 Å². The van der Waals surface area contributed by atoms with E-state index in [0.717, 1.165) is 16.0 Å². The number of nitrogens with zero attached hydrogens (tertiary/aromatic N) is 2. The Kier molecular flexibility index (Phi) is 6.21. The lowest BCUT2D eigenvalue weighted by atomic mass is 10.3. The Morgan fingerprint density at radius 3 is 2.67 bits per heavy atom. The fourth-order valence-corrected chi connectivity index (χ4v) is 4.92. The van der Waals surface area contributed by atoms with Crippen molar-refractivity contribution < 1.29 is 19.1 Å². The Bertz CT molecular complexity index is 1080. The number of carbonyl (C=O) groups excluding carboxylic acids is 2. The molecule has 0 radical (unpaired) electrons.